The molecule has 0 spiro atoms. The van der Waals surface area contributed by atoms with Crippen LogP contribution in [0.1, 0.15) is 16.8 Å². The van der Waals surface area contributed by atoms with Gasteiger partial charge in [0.25, 0.3) is 0 Å². The van der Waals surface area contributed by atoms with Crippen LogP contribution in [0.25, 0.3) is 0 Å². The molecule has 1 atom stereocenters. The van der Waals surface area contributed by atoms with Gasteiger partial charge in [-0.3, -0.25) is 9.19 Å². The van der Waals surface area contributed by atoms with Crippen LogP contribution in [0, 0.1) is 19.1 Å². The number of ether oxygens (including phenoxy) is 2. The van der Waals surface area contributed by atoms with Gasteiger partial charge in [0, 0.05) is 29.5 Å². The summed E-state index contributed by atoms with van der Waals surface area (Å²) in [6.45, 7) is 3.79. The van der Waals surface area contributed by atoms with Gasteiger partial charge in [0.1, 0.15) is 17.2 Å². The highest BCUT2D eigenvalue weighted by molar-refractivity contribution is 7.97. The Morgan fingerprint density at radius 2 is 2.08 bits per heavy atom. The minimum atomic E-state index is -1.38. The minimum Gasteiger partial charge on any atom is -0.630 e. The van der Waals surface area contributed by atoms with Crippen LogP contribution in [0.3, 0.4) is 0 Å². The van der Waals surface area contributed by atoms with Crippen molar-refractivity contribution in [1.29, 1.82) is 0 Å². The van der Waals surface area contributed by atoms with Gasteiger partial charge in [0.2, 0.25) is 0 Å². The molecular formula is C17H21N3O4S. The molecule has 1 unspecified atom stereocenters. The van der Waals surface area contributed by atoms with Crippen LogP contribution in [-0.4, -0.2) is 29.0 Å². The van der Waals surface area contributed by atoms with E-state index in [1.807, 2.05) is 13.8 Å². The van der Waals surface area contributed by atoms with Gasteiger partial charge in [-0.2, -0.15) is 0 Å². The van der Waals surface area contributed by atoms with Crippen molar-refractivity contribution in [3.8, 4) is 11.5 Å². The fraction of sp³-hybridized carbons (Fsp3) is 0.294. The van der Waals surface area contributed by atoms with Gasteiger partial charge >= 0.3 is 0 Å². The number of aromatic nitrogens is 1. The second-order valence-electron chi connectivity index (χ2n) is 5.35. The summed E-state index contributed by atoms with van der Waals surface area (Å²) < 4.78 is 22.8. The molecule has 2 N–H and O–H groups in total. The molecule has 1 aromatic heterocycles. The minimum absolute atomic E-state index is 0.215. The molecule has 1 heterocycles. The molecule has 0 aliphatic heterocycles. The summed E-state index contributed by atoms with van der Waals surface area (Å²) in [5, 5.41) is 11.1. The van der Waals surface area contributed by atoms with Gasteiger partial charge in [-0.1, -0.05) is 0 Å². The lowest BCUT2D eigenvalue weighted by Gasteiger charge is -2.11. The molecule has 134 valence electrons. The molecule has 0 bridgehead atoms. The second kappa shape index (κ2) is 8.70. The summed E-state index contributed by atoms with van der Waals surface area (Å²) in [5.41, 5.74) is 5.30. The van der Waals surface area contributed by atoms with Crippen molar-refractivity contribution in [1.82, 2.24) is 4.98 Å². The fourth-order valence-corrected chi connectivity index (χ4v) is 3.23. The molecule has 7 nitrogen and oxygen atoms in total. The van der Waals surface area contributed by atoms with E-state index in [0.717, 1.165) is 16.9 Å². The van der Waals surface area contributed by atoms with Crippen LogP contribution < -0.4 is 15.0 Å². The van der Waals surface area contributed by atoms with E-state index in [-0.39, 0.29) is 5.75 Å². The van der Waals surface area contributed by atoms with Gasteiger partial charge in [0.05, 0.1) is 42.0 Å². The van der Waals surface area contributed by atoms with Gasteiger partial charge < -0.3 is 20.2 Å². The Hall–Kier alpha value is -2.29. The number of nitrogens with zero attached hydrogens (tertiary/aromatic N) is 2. The highest BCUT2D eigenvalue weighted by Gasteiger charge is 2.12. The first-order valence-corrected chi connectivity index (χ1v) is 8.92. The zero-order valence-corrected chi connectivity index (χ0v) is 15.4. The van der Waals surface area contributed by atoms with Crippen molar-refractivity contribution in [2.45, 2.75) is 19.6 Å². The van der Waals surface area contributed by atoms with Crippen LogP contribution in [0.4, 0.5) is 11.4 Å². The molecule has 0 aliphatic carbocycles. The lowest BCUT2D eigenvalue weighted by atomic mass is 10.1. The van der Waals surface area contributed by atoms with E-state index in [1.54, 1.807) is 31.5 Å². The standard InChI is InChI=1S/C17H21N3O4S/c1-11-8-18-16(12(2)17(11)24-4)9-25(22)10-19-15-7-13(23-3)5-6-14(15)20-21/h5-8,10H,9,20H2,1-4H3. The van der Waals surface area contributed by atoms with E-state index in [1.165, 1.54) is 12.7 Å². The summed E-state index contributed by atoms with van der Waals surface area (Å²) in [6, 6.07) is 4.90. The van der Waals surface area contributed by atoms with Crippen LogP contribution in [-0.2, 0) is 16.6 Å². The zero-order valence-electron chi connectivity index (χ0n) is 14.6. The molecule has 2 aromatic rings. The van der Waals surface area contributed by atoms with Crippen molar-refractivity contribution < 1.29 is 19.2 Å². The third-order valence-corrected chi connectivity index (χ3v) is 4.60. The van der Waals surface area contributed by atoms with E-state index >= 15 is 0 Å². The Balaban J connectivity index is 2.19. The molecule has 0 amide bonds. The fourth-order valence-electron chi connectivity index (χ4n) is 2.37. The first-order valence-electron chi connectivity index (χ1n) is 7.53. The average Bonchev–Trinajstić information content (AvgIpc) is 2.62. The Labute approximate surface area is 149 Å². The quantitative estimate of drug-likeness (QED) is 0.351. The average molecular weight is 363 g/mol. The van der Waals surface area contributed by atoms with Crippen LogP contribution in [0.2, 0.25) is 0 Å². The maximum atomic E-state index is 12.3. The van der Waals surface area contributed by atoms with E-state index in [4.69, 9.17) is 9.47 Å². The number of hydrogen-bond donors (Lipinski definition) is 1. The summed E-state index contributed by atoms with van der Waals surface area (Å²) in [4.78, 5) is 8.51. The predicted molar refractivity (Wildman–Crippen MR) is 98.2 cm³/mol. The smallest absolute Gasteiger partial charge is 0.155 e. The summed E-state index contributed by atoms with van der Waals surface area (Å²) in [5.74, 6) is 1.53. The summed E-state index contributed by atoms with van der Waals surface area (Å²) in [6.07, 6.45) is 1.70. The zero-order chi connectivity index (χ0) is 18.4. The number of quaternary nitrogens is 1. The Morgan fingerprint density at radius 1 is 1.32 bits per heavy atom. The first-order chi connectivity index (χ1) is 12.0. The normalized spacial score (nSPS) is 12.4. The molecule has 8 heteroatoms. The summed E-state index contributed by atoms with van der Waals surface area (Å²) >= 11 is 0. The van der Waals surface area contributed by atoms with Crippen LogP contribution in [0.15, 0.2) is 29.4 Å². The van der Waals surface area contributed by atoms with Crippen molar-refractivity contribution in [3.05, 3.63) is 46.4 Å². The van der Waals surface area contributed by atoms with Gasteiger partial charge in [0.15, 0.2) is 5.69 Å². The monoisotopic (exact) mass is 363 g/mol. The highest BCUT2D eigenvalue weighted by Crippen LogP contribution is 2.27. The van der Waals surface area contributed by atoms with E-state index in [0.29, 0.717) is 28.3 Å². The van der Waals surface area contributed by atoms with E-state index in [9.17, 15) is 9.42 Å². The van der Waals surface area contributed by atoms with Crippen molar-refractivity contribution >= 4 is 27.7 Å². The number of nitrogens with two attached hydrogens (primary N) is 1. The van der Waals surface area contributed by atoms with Gasteiger partial charge in [-0.05, 0) is 19.9 Å². The maximum Gasteiger partial charge on any atom is 0.155 e. The highest BCUT2D eigenvalue weighted by atomic mass is 32.2. The van der Waals surface area contributed by atoms with Crippen molar-refractivity contribution in [3.63, 3.8) is 0 Å². The van der Waals surface area contributed by atoms with Crippen LogP contribution in [0.5, 0.6) is 11.5 Å². The predicted octanol–water partition coefficient (Wildman–Crippen LogP) is 2.02. The van der Waals surface area contributed by atoms with E-state index < -0.39 is 10.8 Å². The molecule has 0 saturated carbocycles. The number of benzene rings is 1. The number of rotatable bonds is 7. The van der Waals surface area contributed by atoms with Crippen LogP contribution >= 0.6 is 0 Å². The third kappa shape index (κ3) is 4.62. The number of hydrogen-bond acceptors (Lipinski definition) is 6. The Kier molecular flexibility index (Phi) is 6.63. The van der Waals surface area contributed by atoms with E-state index in [2.05, 4.69) is 9.98 Å². The molecule has 1 aromatic carbocycles. The number of aliphatic imine (C=N–C) groups is 1. The topological polar surface area (TPSA) is 100 Å². The Bertz CT molecular complexity index is 809. The molecular weight excluding hydrogens is 342 g/mol. The molecule has 0 aliphatic rings. The summed E-state index contributed by atoms with van der Waals surface area (Å²) in [7, 11) is 1.74. The Morgan fingerprint density at radius 3 is 2.72 bits per heavy atom. The largest absolute Gasteiger partial charge is 0.630 e. The molecule has 25 heavy (non-hydrogen) atoms. The van der Waals surface area contributed by atoms with Gasteiger partial charge in [-0.25, -0.2) is 4.99 Å². The SMILES string of the molecule is COc1ccc([NH2+][O-])c(N=CS(=O)Cc2ncc(C)c(OC)c2C)c1. The lowest BCUT2D eigenvalue weighted by Crippen LogP contribution is -2.70. The molecule has 0 saturated heterocycles. The molecule has 0 fully saturated rings. The first kappa shape index (κ1) is 19.0. The lowest BCUT2D eigenvalue weighted by molar-refractivity contribution is -0.496. The molecule has 2 rings (SSSR count). The number of pyridine rings is 1. The molecule has 0 radical (unpaired) electrons. The maximum absolute atomic E-state index is 12.3. The van der Waals surface area contributed by atoms with Crippen molar-refractivity contribution in [2.75, 3.05) is 14.2 Å². The van der Waals surface area contributed by atoms with Gasteiger partial charge in [-0.15, -0.1) is 0 Å². The number of aryl methyl sites for hydroxylation is 1. The second-order valence-corrected chi connectivity index (χ2v) is 6.61. The third-order valence-electron chi connectivity index (χ3n) is 3.70. The number of methoxy groups -OCH3 is 2. The van der Waals surface area contributed by atoms with Crippen molar-refractivity contribution in [2.24, 2.45) is 4.99 Å².